The molecule has 152 valence electrons. The van der Waals surface area contributed by atoms with E-state index in [1.54, 1.807) is 29.2 Å². The van der Waals surface area contributed by atoms with Gasteiger partial charge in [-0.2, -0.15) is 0 Å². The highest BCUT2D eigenvalue weighted by Crippen LogP contribution is 2.21. The normalized spacial score (nSPS) is 15.4. The first kappa shape index (κ1) is 20.1. The Morgan fingerprint density at radius 3 is 2.47 bits per heavy atom. The predicted octanol–water partition coefficient (Wildman–Crippen LogP) is 5.31. The summed E-state index contributed by atoms with van der Waals surface area (Å²) >= 11 is 5.95. The molecule has 1 aliphatic rings. The summed E-state index contributed by atoms with van der Waals surface area (Å²) in [4.78, 5) is 20.3. The number of hydrogen-bond donors (Lipinski definition) is 0. The van der Waals surface area contributed by atoms with Crippen LogP contribution in [0.3, 0.4) is 0 Å². The van der Waals surface area contributed by atoms with Crippen LogP contribution in [0.1, 0.15) is 27.9 Å². The lowest BCUT2D eigenvalue weighted by Crippen LogP contribution is -2.37. The van der Waals surface area contributed by atoms with Crippen LogP contribution in [-0.4, -0.2) is 29.2 Å². The van der Waals surface area contributed by atoms with Gasteiger partial charge in [-0.15, -0.1) is 0 Å². The summed E-state index contributed by atoms with van der Waals surface area (Å²) in [5, 5.41) is 4.84. The lowest BCUT2D eigenvalue weighted by molar-refractivity contribution is 0.0402. The quantitative estimate of drug-likeness (QED) is 0.540. The molecule has 6 heteroatoms. The SMILES string of the molecule is O=C(c1ccccc1F)N(Cc1ccccc1)CC1CC(c2ccc(Cl)cc2)=NO1. The molecule has 0 spiro atoms. The number of carbonyl (C=O) groups excluding carboxylic acids is 1. The third-order valence-corrected chi connectivity index (χ3v) is 5.19. The molecule has 0 radical (unpaired) electrons. The summed E-state index contributed by atoms with van der Waals surface area (Å²) in [6, 6.07) is 23.0. The van der Waals surface area contributed by atoms with Crippen LogP contribution in [0.4, 0.5) is 4.39 Å². The monoisotopic (exact) mass is 422 g/mol. The van der Waals surface area contributed by atoms with E-state index in [2.05, 4.69) is 5.16 Å². The summed E-state index contributed by atoms with van der Waals surface area (Å²) < 4.78 is 14.3. The second kappa shape index (κ2) is 9.09. The Morgan fingerprint density at radius 2 is 1.73 bits per heavy atom. The van der Waals surface area contributed by atoms with E-state index in [4.69, 9.17) is 16.4 Å². The summed E-state index contributed by atoms with van der Waals surface area (Å²) in [5.74, 6) is -0.911. The Labute approximate surface area is 179 Å². The van der Waals surface area contributed by atoms with E-state index < -0.39 is 5.82 Å². The number of hydrogen-bond acceptors (Lipinski definition) is 3. The number of benzene rings is 3. The molecular formula is C24H20ClFN2O2. The second-order valence-electron chi connectivity index (χ2n) is 7.13. The van der Waals surface area contributed by atoms with E-state index in [0.29, 0.717) is 24.5 Å². The smallest absolute Gasteiger partial charge is 0.257 e. The van der Waals surface area contributed by atoms with Gasteiger partial charge in [0, 0.05) is 18.0 Å². The molecule has 0 aromatic heterocycles. The highest BCUT2D eigenvalue weighted by atomic mass is 35.5. The van der Waals surface area contributed by atoms with Crippen LogP contribution in [0, 0.1) is 5.82 Å². The largest absolute Gasteiger partial charge is 0.390 e. The van der Waals surface area contributed by atoms with Gasteiger partial charge in [0.15, 0.2) is 6.10 Å². The minimum absolute atomic E-state index is 0.0465. The van der Waals surface area contributed by atoms with E-state index in [1.807, 2.05) is 42.5 Å². The van der Waals surface area contributed by atoms with Crippen molar-refractivity contribution >= 4 is 23.2 Å². The first-order valence-electron chi connectivity index (χ1n) is 9.66. The number of amides is 1. The maximum absolute atomic E-state index is 14.3. The molecule has 0 fully saturated rings. The maximum Gasteiger partial charge on any atom is 0.257 e. The Hall–Kier alpha value is -3.18. The zero-order valence-electron chi connectivity index (χ0n) is 16.2. The molecule has 0 saturated carbocycles. The Morgan fingerprint density at radius 1 is 1.03 bits per heavy atom. The number of rotatable bonds is 6. The van der Waals surface area contributed by atoms with Crippen LogP contribution in [-0.2, 0) is 11.4 Å². The van der Waals surface area contributed by atoms with Crippen LogP contribution in [0.5, 0.6) is 0 Å². The van der Waals surface area contributed by atoms with Crippen LogP contribution in [0.2, 0.25) is 5.02 Å². The third kappa shape index (κ3) is 4.69. The van der Waals surface area contributed by atoms with E-state index in [9.17, 15) is 9.18 Å². The van der Waals surface area contributed by atoms with Crippen molar-refractivity contribution in [3.05, 3.63) is 106 Å². The van der Waals surface area contributed by atoms with Crippen LogP contribution in [0.25, 0.3) is 0 Å². The van der Waals surface area contributed by atoms with Gasteiger partial charge in [-0.05, 0) is 35.4 Å². The first-order chi connectivity index (χ1) is 14.6. The lowest BCUT2D eigenvalue weighted by Gasteiger charge is -2.25. The van der Waals surface area contributed by atoms with Crippen molar-refractivity contribution in [3.63, 3.8) is 0 Å². The van der Waals surface area contributed by atoms with Crippen LogP contribution < -0.4 is 0 Å². The number of nitrogens with zero attached hydrogens (tertiary/aromatic N) is 2. The van der Waals surface area contributed by atoms with Gasteiger partial charge >= 0.3 is 0 Å². The van der Waals surface area contributed by atoms with Gasteiger partial charge in [0.05, 0.1) is 17.8 Å². The zero-order chi connectivity index (χ0) is 20.9. The minimum atomic E-state index is -0.536. The van der Waals surface area contributed by atoms with Crippen molar-refractivity contribution in [1.29, 1.82) is 0 Å². The van der Waals surface area contributed by atoms with E-state index >= 15 is 0 Å². The van der Waals surface area contributed by atoms with Crippen molar-refractivity contribution in [1.82, 2.24) is 4.90 Å². The van der Waals surface area contributed by atoms with Gasteiger partial charge in [0.2, 0.25) is 0 Å². The lowest BCUT2D eigenvalue weighted by atomic mass is 10.0. The van der Waals surface area contributed by atoms with Gasteiger partial charge in [0.25, 0.3) is 5.91 Å². The average Bonchev–Trinajstić information content (AvgIpc) is 3.23. The van der Waals surface area contributed by atoms with Gasteiger partial charge in [-0.3, -0.25) is 4.79 Å². The molecule has 0 N–H and O–H groups in total. The number of halogens is 2. The fourth-order valence-corrected chi connectivity index (χ4v) is 3.54. The van der Waals surface area contributed by atoms with Gasteiger partial charge in [-0.25, -0.2) is 4.39 Å². The Balaban J connectivity index is 1.51. The minimum Gasteiger partial charge on any atom is -0.390 e. The highest BCUT2D eigenvalue weighted by Gasteiger charge is 2.28. The molecule has 0 aliphatic carbocycles. The molecule has 1 unspecified atom stereocenters. The molecule has 4 rings (SSSR count). The van der Waals surface area contributed by atoms with E-state index in [1.165, 1.54) is 12.1 Å². The van der Waals surface area contributed by atoms with Crippen molar-refractivity contribution in [3.8, 4) is 0 Å². The molecular weight excluding hydrogens is 403 g/mol. The average molecular weight is 423 g/mol. The fraction of sp³-hybridized carbons (Fsp3) is 0.167. The summed E-state index contributed by atoms with van der Waals surface area (Å²) in [6.45, 7) is 0.646. The molecule has 0 saturated heterocycles. The van der Waals surface area contributed by atoms with Crippen LogP contribution >= 0.6 is 11.6 Å². The molecule has 0 bridgehead atoms. The van der Waals surface area contributed by atoms with Crippen molar-refractivity contribution in [2.24, 2.45) is 5.16 Å². The van der Waals surface area contributed by atoms with Gasteiger partial charge in [-0.1, -0.05) is 71.4 Å². The molecule has 30 heavy (non-hydrogen) atoms. The van der Waals surface area contributed by atoms with Crippen molar-refractivity contribution < 1.29 is 14.0 Å². The molecule has 3 aromatic rings. The topological polar surface area (TPSA) is 41.9 Å². The van der Waals surface area contributed by atoms with E-state index in [0.717, 1.165) is 16.8 Å². The molecule has 1 amide bonds. The maximum atomic E-state index is 14.3. The number of oxime groups is 1. The fourth-order valence-electron chi connectivity index (χ4n) is 3.41. The molecule has 3 aromatic carbocycles. The molecule has 1 aliphatic heterocycles. The van der Waals surface area contributed by atoms with Crippen LogP contribution in [0.15, 0.2) is 84.0 Å². The molecule has 1 heterocycles. The Kier molecular flexibility index (Phi) is 6.10. The highest BCUT2D eigenvalue weighted by molar-refractivity contribution is 6.30. The summed E-state index contributed by atoms with van der Waals surface area (Å²) in [6.07, 6.45) is 0.243. The molecule has 1 atom stereocenters. The standard InChI is InChI=1S/C24H20ClFN2O2/c25-19-12-10-18(11-13-19)23-14-20(30-27-23)16-28(15-17-6-2-1-3-7-17)24(29)21-8-4-5-9-22(21)26/h1-13,20H,14-16H2. The van der Waals surface area contributed by atoms with E-state index in [-0.39, 0.29) is 17.6 Å². The summed E-state index contributed by atoms with van der Waals surface area (Å²) in [7, 11) is 0. The zero-order valence-corrected chi connectivity index (χ0v) is 16.9. The van der Waals surface area contributed by atoms with Gasteiger partial charge in [0.1, 0.15) is 5.82 Å². The second-order valence-corrected chi connectivity index (χ2v) is 7.56. The predicted molar refractivity (Wildman–Crippen MR) is 115 cm³/mol. The van der Waals surface area contributed by atoms with Crippen molar-refractivity contribution in [2.45, 2.75) is 19.1 Å². The number of carbonyl (C=O) groups is 1. The first-order valence-corrected chi connectivity index (χ1v) is 10.0. The summed E-state index contributed by atoms with van der Waals surface area (Å²) in [5.41, 5.74) is 2.73. The third-order valence-electron chi connectivity index (χ3n) is 4.94. The van der Waals surface area contributed by atoms with Crippen molar-refractivity contribution in [2.75, 3.05) is 6.54 Å². The Bertz CT molecular complexity index is 1050. The molecule has 4 nitrogen and oxygen atoms in total. The van der Waals surface area contributed by atoms with Gasteiger partial charge < -0.3 is 9.74 Å².